The number of rotatable bonds is 5. The van der Waals surface area contributed by atoms with Crippen molar-refractivity contribution in [2.24, 2.45) is 5.73 Å². The SMILES string of the molecule is CCN(CC)c1ccc(C=C(C#N)C(N)=O)c(O)c1. The van der Waals surface area contributed by atoms with Gasteiger partial charge in [0, 0.05) is 30.4 Å². The van der Waals surface area contributed by atoms with Gasteiger partial charge >= 0.3 is 0 Å². The number of nitrogens with zero attached hydrogens (tertiary/aromatic N) is 2. The highest BCUT2D eigenvalue weighted by atomic mass is 16.3. The summed E-state index contributed by atoms with van der Waals surface area (Å²) in [5.74, 6) is -0.798. The lowest BCUT2D eigenvalue weighted by Crippen LogP contribution is -2.21. The Hall–Kier alpha value is -2.48. The molecule has 0 radical (unpaired) electrons. The quantitative estimate of drug-likeness (QED) is 0.621. The standard InChI is InChI=1S/C14H17N3O2/c1-3-17(4-2)12-6-5-10(13(18)8-12)7-11(9-15)14(16)19/h5-8,18H,3-4H2,1-2H3,(H2,16,19). The van der Waals surface area contributed by atoms with Gasteiger partial charge in [-0.05, 0) is 32.1 Å². The van der Waals surface area contributed by atoms with Gasteiger partial charge in [-0.2, -0.15) is 5.26 Å². The largest absolute Gasteiger partial charge is 0.507 e. The third-order valence-corrected chi connectivity index (χ3v) is 2.83. The zero-order valence-electron chi connectivity index (χ0n) is 11.1. The highest BCUT2D eigenvalue weighted by Gasteiger charge is 2.08. The van der Waals surface area contributed by atoms with Crippen molar-refractivity contribution in [3.05, 3.63) is 29.3 Å². The fourth-order valence-electron chi connectivity index (χ4n) is 1.75. The zero-order chi connectivity index (χ0) is 14.4. The van der Waals surface area contributed by atoms with Crippen molar-refractivity contribution in [2.45, 2.75) is 13.8 Å². The summed E-state index contributed by atoms with van der Waals surface area (Å²) >= 11 is 0. The Kier molecular flexibility index (Phi) is 4.95. The molecule has 1 rings (SSSR count). The van der Waals surface area contributed by atoms with Crippen LogP contribution in [0.2, 0.25) is 0 Å². The second-order valence-corrected chi connectivity index (χ2v) is 3.95. The van der Waals surface area contributed by atoms with Crippen LogP contribution in [0.4, 0.5) is 5.69 Å². The van der Waals surface area contributed by atoms with Gasteiger partial charge in [0.15, 0.2) is 0 Å². The molecule has 0 aliphatic carbocycles. The number of nitrogens with two attached hydrogens (primary N) is 1. The van der Waals surface area contributed by atoms with Crippen LogP contribution in [-0.2, 0) is 4.79 Å². The molecule has 1 aromatic carbocycles. The molecule has 5 heteroatoms. The summed E-state index contributed by atoms with van der Waals surface area (Å²) in [4.78, 5) is 13.0. The molecule has 0 aliphatic heterocycles. The van der Waals surface area contributed by atoms with Crippen molar-refractivity contribution >= 4 is 17.7 Å². The van der Waals surface area contributed by atoms with Crippen LogP contribution in [0, 0.1) is 11.3 Å². The second-order valence-electron chi connectivity index (χ2n) is 3.95. The van der Waals surface area contributed by atoms with Crippen molar-refractivity contribution in [3.8, 4) is 11.8 Å². The lowest BCUT2D eigenvalue weighted by atomic mass is 10.1. The van der Waals surface area contributed by atoms with Crippen molar-refractivity contribution in [1.29, 1.82) is 5.26 Å². The first kappa shape index (κ1) is 14.6. The molecule has 0 aliphatic rings. The Morgan fingerprint density at radius 2 is 2.11 bits per heavy atom. The molecular weight excluding hydrogens is 242 g/mol. The average Bonchev–Trinajstić information content (AvgIpc) is 2.38. The molecule has 5 nitrogen and oxygen atoms in total. The average molecular weight is 259 g/mol. The summed E-state index contributed by atoms with van der Waals surface area (Å²) in [5.41, 5.74) is 6.14. The van der Waals surface area contributed by atoms with Crippen molar-refractivity contribution in [2.75, 3.05) is 18.0 Å². The minimum atomic E-state index is -0.810. The molecule has 0 saturated heterocycles. The molecule has 100 valence electrons. The van der Waals surface area contributed by atoms with Crippen molar-refractivity contribution in [1.82, 2.24) is 0 Å². The van der Waals surface area contributed by atoms with Crippen LogP contribution in [0.5, 0.6) is 5.75 Å². The van der Waals surface area contributed by atoms with E-state index >= 15 is 0 Å². The number of aromatic hydroxyl groups is 1. The number of anilines is 1. The first-order valence-corrected chi connectivity index (χ1v) is 6.03. The maximum absolute atomic E-state index is 11.0. The van der Waals surface area contributed by atoms with Gasteiger partial charge in [-0.1, -0.05) is 0 Å². The maximum Gasteiger partial charge on any atom is 0.259 e. The number of phenolic OH excluding ortho intramolecular Hbond substituents is 1. The molecule has 1 amide bonds. The number of carbonyl (C=O) groups is 1. The van der Waals surface area contributed by atoms with Crippen LogP contribution in [-0.4, -0.2) is 24.1 Å². The number of nitriles is 1. The van der Waals surface area contributed by atoms with E-state index in [2.05, 4.69) is 4.90 Å². The van der Waals surface area contributed by atoms with E-state index in [0.717, 1.165) is 18.8 Å². The molecule has 0 heterocycles. The summed E-state index contributed by atoms with van der Waals surface area (Å²) in [6.07, 6.45) is 1.28. The minimum Gasteiger partial charge on any atom is -0.507 e. The summed E-state index contributed by atoms with van der Waals surface area (Å²) in [5, 5.41) is 18.7. The van der Waals surface area contributed by atoms with E-state index < -0.39 is 5.91 Å². The third kappa shape index (κ3) is 3.49. The van der Waals surface area contributed by atoms with Crippen molar-refractivity contribution in [3.63, 3.8) is 0 Å². The second kappa shape index (κ2) is 6.45. The highest BCUT2D eigenvalue weighted by molar-refractivity contribution is 6.00. The number of carbonyl (C=O) groups excluding carboxylic acids is 1. The van der Waals surface area contributed by atoms with Gasteiger partial charge in [-0.25, -0.2) is 0 Å². The van der Waals surface area contributed by atoms with Crippen LogP contribution in [0.15, 0.2) is 23.8 Å². The van der Waals surface area contributed by atoms with E-state index in [9.17, 15) is 9.90 Å². The van der Waals surface area contributed by atoms with E-state index in [1.165, 1.54) is 6.08 Å². The molecular formula is C14H17N3O2. The molecule has 0 spiro atoms. The molecule has 3 N–H and O–H groups in total. The normalized spacial score (nSPS) is 10.9. The number of phenols is 1. The van der Waals surface area contributed by atoms with E-state index in [-0.39, 0.29) is 11.3 Å². The summed E-state index contributed by atoms with van der Waals surface area (Å²) in [7, 11) is 0. The van der Waals surface area contributed by atoms with E-state index in [1.807, 2.05) is 19.9 Å². The molecule has 1 aromatic rings. The van der Waals surface area contributed by atoms with Crippen LogP contribution >= 0.6 is 0 Å². The van der Waals surface area contributed by atoms with Gasteiger partial charge in [0.2, 0.25) is 0 Å². The van der Waals surface area contributed by atoms with E-state index in [1.54, 1.807) is 18.2 Å². The fraction of sp³-hybridized carbons (Fsp3) is 0.286. The maximum atomic E-state index is 11.0. The Morgan fingerprint density at radius 1 is 1.47 bits per heavy atom. The van der Waals surface area contributed by atoms with Gasteiger partial charge in [-0.15, -0.1) is 0 Å². The predicted molar refractivity (Wildman–Crippen MR) is 74.5 cm³/mol. The summed E-state index contributed by atoms with van der Waals surface area (Å²) in [6.45, 7) is 5.70. The first-order valence-electron chi connectivity index (χ1n) is 6.03. The Labute approximate surface area is 112 Å². The topological polar surface area (TPSA) is 90.4 Å². The molecule has 19 heavy (non-hydrogen) atoms. The lowest BCUT2D eigenvalue weighted by Gasteiger charge is -2.21. The summed E-state index contributed by atoms with van der Waals surface area (Å²) < 4.78 is 0. The third-order valence-electron chi connectivity index (χ3n) is 2.83. The Morgan fingerprint density at radius 3 is 2.53 bits per heavy atom. The first-order chi connectivity index (χ1) is 9.03. The van der Waals surface area contributed by atoms with Gasteiger partial charge in [0.05, 0.1) is 0 Å². The molecule has 0 unspecified atom stereocenters. The fourth-order valence-corrected chi connectivity index (χ4v) is 1.75. The van der Waals surface area contributed by atoms with Gasteiger partial charge in [-0.3, -0.25) is 4.79 Å². The minimum absolute atomic E-state index is 0.0124. The monoisotopic (exact) mass is 259 g/mol. The summed E-state index contributed by atoms with van der Waals surface area (Å²) in [6, 6.07) is 6.79. The van der Waals surface area contributed by atoms with Gasteiger partial charge in [0.25, 0.3) is 5.91 Å². The van der Waals surface area contributed by atoms with Gasteiger partial charge < -0.3 is 15.7 Å². The van der Waals surface area contributed by atoms with Crippen molar-refractivity contribution < 1.29 is 9.90 Å². The van der Waals surface area contributed by atoms with Gasteiger partial charge in [0.1, 0.15) is 17.4 Å². The molecule has 0 bridgehead atoms. The number of amides is 1. The number of hydrogen-bond donors (Lipinski definition) is 2. The molecule has 0 atom stereocenters. The smallest absolute Gasteiger partial charge is 0.259 e. The Balaban J connectivity index is 3.15. The molecule has 0 aromatic heterocycles. The van der Waals surface area contributed by atoms with Crippen LogP contribution in [0.25, 0.3) is 6.08 Å². The lowest BCUT2D eigenvalue weighted by molar-refractivity contribution is -0.114. The number of hydrogen-bond acceptors (Lipinski definition) is 4. The highest BCUT2D eigenvalue weighted by Crippen LogP contribution is 2.26. The van der Waals surface area contributed by atoms with E-state index in [0.29, 0.717) is 5.56 Å². The number of benzene rings is 1. The predicted octanol–water partition coefficient (Wildman–Crippen LogP) is 1.63. The van der Waals surface area contributed by atoms with Crippen LogP contribution < -0.4 is 10.6 Å². The molecule has 0 fully saturated rings. The van der Waals surface area contributed by atoms with E-state index in [4.69, 9.17) is 11.0 Å². The zero-order valence-corrected chi connectivity index (χ0v) is 11.1. The van der Waals surface area contributed by atoms with Crippen LogP contribution in [0.1, 0.15) is 19.4 Å². The Bertz CT molecular complexity index is 540. The van der Waals surface area contributed by atoms with Crippen LogP contribution in [0.3, 0.4) is 0 Å². The number of primary amides is 1. The molecule has 0 saturated carbocycles.